The van der Waals surface area contributed by atoms with Crippen LogP contribution in [0.25, 0.3) is 0 Å². The van der Waals surface area contributed by atoms with Gasteiger partial charge in [-0.15, -0.1) is 0 Å². The minimum atomic E-state index is -0.663. The summed E-state index contributed by atoms with van der Waals surface area (Å²) in [4.78, 5) is 24.2. The smallest absolute Gasteiger partial charge is 0.344 e. The summed E-state index contributed by atoms with van der Waals surface area (Å²) in [6.45, 7) is 6.03. The third-order valence-electron chi connectivity index (χ3n) is 4.80. The number of esters is 2. The summed E-state index contributed by atoms with van der Waals surface area (Å²) in [5.41, 5.74) is 6.14. The van der Waals surface area contributed by atoms with Crippen LogP contribution in [0.5, 0.6) is 0 Å². The van der Waals surface area contributed by atoms with Gasteiger partial charge in [0.25, 0.3) is 0 Å². The Kier molecular flexibility index (Phi) is 6.71. The molecule has 0 spiro atoms. The van der Waals surface area contributed by atoms with E-state index >= 15 is 0 Å². The van der Waals surface area contributed by atoms with Crippen LogP contribution in [0, 0.1) is 17.8 Å². The number of benzene rings is 1. The Morgan fingerprint density at radius 2 is 2.04 bits per heavy atom. The zero-order chi connectivity index (χ0) is 18.6. The van der Waals surface area contributed by atoms with Gasteiger partial charge in [0.2, 0.25) is 0 Å². The fourth-order valence-electron chi connectivity index (χ4n) is 3.37. The first-order valence-corrected chi connectivity index (χ1v) is 9.07. The lowest BCUT2D eigenvalue weighted by Crippen LogP contribution is -2.36. The van der Waals surface area contributed by atoms with E-state index in [0.717, 1.165) is 19.3 Å². The lowest BCUT2D eigenvalue weighted by atomic mass is 9.75. The van der Waals surface area contributed by atoms with Gasteiger partial charge in [-0.2, -0.15) is 0 Å². The van der Waals surface area contributed by atoms with Crippen molar-refractivity contribution in [3.05, 3.63) is 28.8 Å². The average molecular weight is 368 g/mol. The standard InChI is InChI=1S/C19H26ClNO4/c1-11(2)14-6-4-12(3)8-17(14)25-18(22)10-24-19(23)15-7-5-13(20)9-16(15)21/h5,7,9,11-12,14,17H,4,6,8,10,21H2,1-3H3/t12-,14-,17+/m0/s1. The number of halogens is 1. The highest BCUT2D eigenvalue weighted by molar-refractivity contribution is 6.31. The lowest BCUT2D eigenvalue weighted by molar-refractivity contribution is -0.159. The zero-order valence-corrected chi connectivity index (χ0v) is 15.7. The van der Waals surface area contributed by atoms with Crippen LogP contribution >= 0.6 is 11.6 Å². The van der Waals surface area contributed by atoms with Crippen molar-refractivity contribution in [3.8, 4) is 0 Å². The summed E-state index contributed by atoms with van der Waals surface area (Å²) in [5, 5.41) is 0.430. The summed E-state index contributed by atoms with van der Waals surface area (Å²) >= 11 is 5.80. The van der Waals surface area contributed by atoms with Gasteiger partial charge in [0.1, 0.15) is 6.10 Å². The number of nitrogen functional groups attached to an aromatic ring is 1. The molecule has 1 aromatic carbocycles. The van der Waals surface area contributed by atoms with Gasteiger partial charge in [0.15, 0.2) is 6.61 Å². The molecule has 1 saturated carbocycles. The summed E-state index contributed by atoms with van der Waals surface area (Å²) in [6, 6.07) is 4.49. The second-order valence-electron chi connectivity index (χ2n) is 7.16. The van der Waals surface area contributed by atoms with Crippen molar-refractivity contribution in [2.45, 2.75) is 46.1 Å². The van der Waals surface area contributed by atoms with Crippen molar-refractivity contribution in [2.24, 2.45) is 17.8 Å². The first-order valence-electron chi connectivity index (χ1n) is 8.69. The predicted octanol–water partition coefficient (Wildman–Crippen LogP) is 4.08. The molecule has 0 heterocycles. The van der Waals surface area contributed by atoms with E-state index in [1.807, 2.05) is 0 Å². The van der Waals surface area contributed by atoms with E-state index in [1.165, 1.54) is 12.1 Å². The van der Waals surface area contributed by atoms with Crippen LogP contribution in [0.1, 0.15) is 50.4 Å². The van der Waals surface area contributed by atoms with Gasteiger partial charge in [-0.1, -0.05) is 38.8 Å². The zero-order valence-electron chi connectivity index (χ0n) is 15.0. The summed E-state index contributed by atoms with van der Waals surface area (Å²) < 4.78 is 10.6. The molecule has 0 unspecified atom stereocenters. The minimum Gasteiger partial charge on any atom is -0.460 e. The van der Waals surface area contributed by atoms with Crippen LogP contribution in [-0.2, 0) is 14.3 Å². The predicted molar refractivity (Wildman–Crippen MR) is 97.4 cm³/mol. The molecule has 0 bridgehead atoms. The SMILES string of the molecule is CC(C)[C@@H]1CC[C@H](C)C[C@H]1OC(=O)COC(=O)c1ccc(Cl)cc1N. The number of anilines is 1. The molecule has 0 radical (unpaired) electrons. The molecule has 0 amide bonds. The molecular weight excluding hydrogens is 342 g/mol. The maximum atomic E-state index is 12.1. The molecule has 2 N–H and O–H groups in total. The number of hydrogen-bond donors (Lipinski definition) is 1. The molecule has 3 atom stereocenters. The van der Waals surface area contributed by atoms with Gasteiger partial charge in [0.05, 0.1) is 5.56 Å². The topological polar surface area (TPSA) is 78.6 Å². The average Bonchev–Trinajstić information content (AvgIpc) is 2.52. The van der Waals surface area contributed by atoms with E-state index < -0.39 is 18.5 Å². The maximum absolute atomic E-state index is 12.1. The first-order chi connectivity index (χ1) is 11.8. The van der Waals surface area contributed by atoms with Crippen LogP contribution in [0.2, 0.25) is 5.02 Å². The van der Waals surface area contributed by atoms with Crippen molar-refractivity contribution in [1.82, 2.24) is 0 Å². The first kappa shape index (κ1) is 19.6. The molecule has 6 heteroatoms. The van der Waals surface area contributed by atoms with Crippen LogP contribution < -0.4 is 5.73 Å². The molecule has 1 aliphatic rings. The maximum Gasteiger partial charge on any atom is 0.344 e. The van der Waals surface area contributed by atoms with E-state index in [-0.39, 0.29) is 17.4 Å². The number of ether oxygens (including phenoxy) is 2. The van der Waals surface area contributed by atoms with E-state index in [4.69, 9.17) is 26.8 Å². The van der Waals surface area contributed by atoms with Crippen LogP contribution in [0.4, 0.5) is 5.69 Å². The number of nitrogens with two attached hydrogens (primary N) is 1. The Bertz CT molecular complexity index is 632. The number of rotatable bonds is 5. The van der Waals surface area contributed by atoms with Crippen molar-refractivity contribution in [3.63, 3.8) is 0 Å². The lowest BCUT2D eigenvalue weighted by Gasteiger charge is -2.36. The Balaban J connectivity index is 1.90. The minimum absolute atomic E-state index is 0.115. The van der Waals surface area contributed by atoms with Gasteiger partial charge in [0, 0.05) is 10.7 Å². The van der Waals surface area contributed by atoms with Crippen LogP contribution in [0.3, 0.4) is 0 Å². The quantitative estimate of drug-likeness (QED) is 0.626. The number of carbonyl (C=O) groups excluding carboxylic acids is 2. The van der Waals surface area contributed by atoms with E-state index in [2.05, 4.69) is 20.8 Å². The van der Waals surface area contributed by atoms with E-state index in [1.54, 1.807) is 6.07 Å². The third-order valence-corrected chi connectivity index (χ3v) is 5.03. The summed E-state index contributed by atoms with van der Waals surface area (Å²) in [6.07, 6.45) is 2.95. The highest BCUT2D eigenvalue weighted by Gasteiger charge is 2.33. The van der Waals surface area contributed by atoms with Gasteiger partial charge < -0.3 is 15.2 Å². The van der Waals surface area contributed by atoms with Gasteiger partial charge in [-0.25, -0.2) is 9.59 Å². The molecule has 138 valence electrons. The summed E-state index contributed by atoms with van der Waals surface area (Å²) in [5.74, 6) is 0.142. The molecule has 2 rings (SSSR count). The van der Waals surface area contributed by atoms with Gasteiger partial charge in [-0.05, 0) is 48.8 Å². The second-order valence-corrected chi connectivity index (χ2v) is 7.60. The molecule has 0 aliphatic heterocycles. The Hall–Kier alpha value is -1.75. The number of hydrogen-bond acceptors (Lipinski definition) is 5. The molecule has 0 saturated heterocycles. The fourth-order valence-corrected chi connectivity index (χ4v) is 3.56. The largest absolute Gasteiger partial charge is 0.460 e. The van der Waals surface area contributed by atoms with Crippen LogP contribution in [0.15, 0.2) is 18.2 Å². The van der Waals surface area contributed by atoms with Crippen molar-refractivity contribution < 1.29 is 19.1 Å². The molecule has 1 aromatic rings. The van der Waals surface area contributed by atoms with Crippen molar-refractivity contribution in [2.75, 3.05) is 12.3 Å². The van der Waals surface area contributed by atoms with Gasteiger partial charge >= 0.3 is 11.9 Å². The normalized spacial score (nSPS) is 23.3. The Morgan fingerprint density at radius 1 is 1.32 bits per heavy atom. The molecule has 1 fully saturated rings. The molecule has 0 aromatic heterocycles. The molecular formula is C19H26ClNO4. The second kappa shape index (κ2) is 8.56. The molecule has 1 aliphatic carbocycles. The van der Waals surface area contributed by atoms with Gasteiger partial charge in [-0.3, -0.25) is 0 Å². The Morgan fingerprint density at radius 3 is 2.68 bits per heavy atom. The number of carbonyl (C=O) groups is 2. The molecule has 5 nitrogen and oxygen atoms in total. The van der Waals surface area contributed by atoms with E-state index in [0.29, 0.717) is 22.8 Å². The summed E-state index contributed by atoms with van der Waals surface area (Å²) in [7, 11) is 0. The van der Waals surface area contributed by atoms with Crippen molar-refractivity contribution >= 4 is 29.2 Å². The van der Waals surface area contributed by atoms with Crippen molar-refractivity contribution in [1.29, 1.82) is 0 Å². The molecule has 25 heavy (non-hydrogen) atoms. The highest BCUT2D eigenvalue weighted by Crippen LogP contribution is 2.35. The highest BCUT2D eigenvalue weighted by atomic mass is 35.5. The monoisotopic (exact) mass is 367 g/mol. The third kappa shape index (κ3) is 5.36. The van der Waals surface area contributed by atoms with Crippen LogP contribution in [-0.4, -0.2) is 24.6 Å². The Labute approximate surface area is 153 Å². The van der Waals surface area contributed by atoms with E-state index in [9.17, 15) is 9.59 Å². The fraction of sp³-hybridized carbons (Fsp3) is 0.579.